The summed E-state index contributed by atoms with van der Waals surface area (Å²) >= 11 is 0. The minimum Gasteiger partial charge on any atom is -0.484 e. The lowest BCUT2D eigenvalue weighted by Gasteiger charge is -2.10. The van der Waals surface area contributed by atoms with Crippen LogP contribution in [0.5, 0.6) is 11.5 Å². The van der Waals surface area contributed by atoms with Crippen molar-refractivity contribution in [2.75, 3.05) is 23.8 Å². The van der Waals surface area contributed by atoms with Crippen molar-refractivity contribution in [1.29, 1.82) is 0 Å². The van der Waals surface area contributed by atoms with Crippen LogP contribution in [0.1, 0.15) is 0 Å². The molecule has 0 bridgehead atoms. The van der Waals surface area contributed by atoms with Crippen LogP contribution in [0.25, 0.3) is 11.1 Å². The van der Waals surface area contributed by atoms with Crippen LogP contribution in [0.4, 0.5) is 11.4 Å². The molecule has 0 aromatic heterocycles. The van der Waals surface area contributed by atoms with Crippen molar-refractivity contribution >= 4 is 23.2 Å². The van der Waals surface area contributed by atoms with Gasteiger partial charge in [-0.1, -0.05) is 60.7 Å². The van der Waals surface area contributed by atoms with Crippen molar-refractivity contribution in [2.24, 2.45) is 0 Å². The van der Waals surface area contributed by atoms with E-state index in [9.17, 15) is 9.59 Å². The van der Waals surface area contributed by atoms with Gasteiger partial charge < -0.3 is 20.1 Å². The highest BCUT2D eigenvalue weighted by Gasteiger charge is 2.06. The summed E-state index contributed by atoms with van der Waals surface area (Å²) in [5, 5.41) is 5.64. The highest BCUT2D eigenvalue weighted by atomic mass is 16.5. The molecule has 0 fully saturated rings. The first-order chi connectivity index (χ1) is 16.7. The Hall–Kier alpha value is -4.58. The third-order valence-corrected chi connectivity index (χ3v) is 4.90. The zero-order chi connectivity index (χ0) is 23.6. The number of benzene rings is 4. The van der Waals surface area contributed by atoms with Crippen molar-refractivity contribution in [1.82, 2.24) is 0 Å². The largest absolute Gasteiger partial charge is 0.484 e. The SMILES string of the molecule is O=C(COc1ccccc1)Nc1ccc(-c2ccc(NC(=O)COc3ccccc3)cc2)cc1. The molecule has 0 aliphatic heterocycles. The highest BCUT2D eigenvalue weighted by Crippen LogP contribution is 2.23. The van der Waals surface area contributed by atoms with Crippen molar-refractivity contribution in [2.45, 2.75) is 0 Å². The van der Waals surface area contributed by atoms with E-state index < -0.39 is 0 Å². The summed E-state index contributed by atoms with van der Waals surface area (Å²) < 4.78 is 10.9. The summed E-state index contributed by atoms with van der Waals surface area (Å²) in [5.41, 5.74) is 3.35. The number of anilines is 2. The Kier molecular flexibility index (Phi) is 7.54. The number of nitrogens with one attached hydrogen (secondary N) is 2. The van der Waals surface area contributed by atoms with Crippen LogP contribution in [0, 0.1) is 0 Å². The fraction of sp³-hybridized carbons (Fsp3) is 0.0714. The molecule has 4 aromatic rings. The van der Waals surface area contributed by atoms with E-state index in [0.717, 1.165) is 11.1 Å². The van der Waals surface area contributed by atoms with Gasteiger partial charge in [0.05, 0.1) is 0 Å². The van der Waals surface area contributed by atoms with Gasteiger partial charge in [-0.25, -0.2) is 0 Å². The second-order valence-electron chi connectivity index (χ2n) is 7.45. The maximum Gasteiger partial charge on any atom is 0.262 e. The minimum atomic E-state index is -0.229. The van der Waals surface area contributed by atoms with E-state index in [-0.39, 0.29) is 25.0 Å². The van der Waals surface area contributed by atoms with Gasteiger partial charge in [0, 0.05) is 11.4 Å². The zero-order valence-corrected chi connectivity index (χ0v) is 18.4. The summed E-state index contributed by atoms with van der Waals surface area (Å²) in [5.74, 6) is 0.841. The number of amides is 2. The van der Waals surface area contributed by atoms with Gasteiger partial charge in [0.2, 0.25) is 0 Å². The van der Waals surface area contributed by atoms with Gasteiger partial charge in [0.1, 0.15) is 11.5 Å². The molecule has 0 saturated carbocycles. The van der Waals surface area contributed by atoms with Gasteiger partial charge in [-0.2, -0.15) is 0 Å². The van der Waals surface area contributed by atoms with Crippen LogP contribution in [-0.4, -0.2) is 25.0 Å². The quantitative estimate of drug-likeness (QED) is 0.357. The fourth-order valence-electron chi connectivity index (χ4n) is 3.22. The van der Waals surface area contributed by atoms with Gasteiger partial charge in [-0.15, -0.1) is 0 Å². The second-order valence-corrected chi connectivity index (χ2v) is 7.45. The maximum absolute atomic E-state index is 12.1. The summed E-state index contributed by atoms with van der Waals surface area (Å²) in [4.78, 5) is 24.2. The van der Waals surface area contributed by atoms with E-state index in [4.69, 9.17) is 9.47 Å². The number of para-hydroxylation sites is 2. The van der Waals surface area contributed by atoms with Crippen LogP contribution in [0.15, 0.2) is 109 Å². The third kappa shape index (κ3) is 6.71. The number of hydrogen-bond donors (Lipinski definition) is 2. The van der Waals surface area contributed by atoms with Crippen molar-refractivity contribution in [3.8, 4) is 22.6 Å². The lowest BCUT2D eigenvalue weighted by atomic mass is 10.0. The van der Waals surface area contributed by atoms with Crippen LogP contribution in [0.3, 0.4) is 0 Å². The number of carbonyl (C=O) groups is 2. The molecule has 34 heavy (non-hydrogen) atoms. The topological polar surface area (TPSA) is 76.7 Å². The molecule has 0 heterocycles. The Morgan fingerprint density at radius 1 is 0.500 bits per heavy atom. The molecule has 0 saturated heterocycles. The molecular formula is C28H24N2O4. The minimum absolute atomic E-state index is 0.0602. The molecule has 0 aliphatic rings. The summed E-state index contributed by atoms with van der Waals surface area (Å²) in [6.45, 7) is -0.120. The van der Waals surface area contributed by atoms with Gasteiger partial charge in [-0.05, 0) is 59.7 Å². The molecule has 4 aromatic carbocycles. The van der Waals surface area contributed by atoms with Gasteiger partial charge in [0.15, 0.2) is 13.2 Å². The highest BCUT2D eigenvalue weighted by molar-refractivity contribution is 5.93. The average Bonchev–Trinajstić information content (AvgIpc) is 2.88. The monoisotopic (exact) mass is 452 g/mol. The number of hydrogen-bond acceptors (Lipinski definition) is 4. The van der Waals surface area contributed by atoms with Crippen LogP contribution in [0.2, 0.25) is 0 Å². The van der Waals surface area contributed by atoms with Gasteiger partial charge in [0.25, 0.3) is 11.8 Å². The fourth-order valence-corrected chi connectivity index (χ4v) is 3.22. The Bertz CT molecular complexity index is 1110. The average molecular weight is 453 g/mol. The summed E-state index contributed by atoms with van der Waals surface area (Å²) in [6, 6.07) is 33.5. The molecule has 2 amide bonds. The Morgan fingerprint density at radius 2 is 0.853 bits per heavy atom. The lowest BCUT2D eigenvalue weighted by Crippen LogP contribution is -2.20. The lowest BCUT2D eigenvalue weighted by molar-refractivity contribution is -0.118. The number of ether oxygens (including phenoxy) is 2. The number of carbonyl (C=O) groups excluding carboxylic acids is 2. The zero-order valence-electron chi connectivity index (χ0n) is 18.4. The van der Waals surface area contributed by atoms with Crippen molar-refractivity contribution in [3.05, 3.63) is 109 Å². The summed E-state index contributed by atoms with van der Waals surface area (Å²) in [7, 11) is 0. The van der Waals surface area contributed by atoms with E-state index in [1.807, 2.05) is 84.9 Å². The molecule has 0 radical (unpaired) electrons. The van der Waals surface area contributed by atoms with Gasteiger partial charge in [-0.3, -0.25) is 9.59 Å². The van der Waals surface area contributed by atoms with Crippen LogP contribution >= 0.6 is 0 Å². The predicted molar refractivity (Wildman–Crippen MR) is 133 cm³/mol. The molecule has 0 atom stereocenters. The smallest absolute Gasteiger partial charge is 0.262 e. The Morgan fingerprint density at radius 3 is 1.21 bits per heavy atom. The number of rotatable bonds is 9. The van der Waals surface area contributed by atoms with Crippen LogP contribution in [-0.2, 0) is 9.59 Å². The van der Waals surface area contributed by atoms with E-state index >= 15 is 0 Å². The first-order valence-electron chi connectivity index (χ1n) is 10.8. The van der Waals surface area contributed by atoms with E-state index in [2.05, 4.69) is 10.6 Å². The molecule has 0 aliphatic carbocycles. The van der Waals surface area contributed by atoms with E-state index in [1.54, 1.807) is 24.3 Å². The molecular weight excluding hydrogens is 428 g/mol. The predicted octanol–water partition coefficient (Wildman–Crippen LogP) is 5.39. The Labute approximate surface area is 198 Å². The van der Waals surface area contributed by atoms with Crippen molar-refractivity contribution < 1.29 is 19.1 Å². The molecule has 6 heteroatoms. The first-order valence-corrected chi connectivity index (χ1v) is 10.8. The Balaban J connectivity index is 1.26. The molecule has 0 spiro atoms. The molecule has 4 rings (SSSR count). The second kappa shape index (κ2) is 11.3. The molecule has 0 unspecified atom stereocenters. The first kappa shape index (κ1) is 22.6. The maximum atomic E-state index is 12.1. The van der Waals surface area contributed by atoms with Crippen molar-refractivity contribution in [3.63, 3.8) is 0 Å². The standard InChI is InChI=1S/C28H24N2O4/c31-27(19-33-25-7-3-1-4-8-25)29-23-15-11-21(12-16-23)22-13-17-24(18-14-22)30-28(32)20-34-26-9-5-2-6-10-26/h1-18H,19-20H2,(H,29,31)(H,30,32). The molecule has 6 nitrogen and oxygen atoms in total. The van der Waals surface area contributed by atoms with Crippen LogP contribution < -0.4 is 20.1 Å². The van der Waals surface area contributed by atoms with E-state index in [0.29, 0.717) is 22.9 Å². The molecule has 170 valence electrons. The third-order valence-electron chi connectivity index (χ3n) is 4.90. The van der Waals surface area contributed by atoms with E-state index in [1.165, 1.54) is 0 Å². The normalized spacial score (nSPS) is 10.2. The molecule has 2 N–H and O–H groups in total. The summed E-state index contributed by atoms with van der Waals surface area (Å²) in [6.07, 6.45) is 0. The van der Waals surface area contributed by atoms with Gasteiger partial charge >= 0.3 is 0 Å².